The highest BCUT2D eigenvalue weighted by Crippen LogP contribution is 2.33. The summed E-state index contributed by atoms with van der Waals surface area (Å²) in [6.07, 6.45) is -0.627. The second kappa shape index (κ2) is 8.51. The fourth-order valence-electron chi connectivity index (χ4n) is 3.48. The van der Waals surface area contributed by atoms with Gasteiger partial charge in [-0.25, -0.2) is 4.79 Å². The number of para-hydroxylation sites is 2. The first-order valence-corrected chi connectivity index (χ1v) is 9.79. The van der Waals surface area contributed by atoms with E-state index in [-0.39, 0.29) is 25.5 Å². The van der Waals surface area contributed by atoms with Gasteiger partial charge in [0.05, 0.1) is 19.2 Å². The number of nitrogens with zero attached hydrogens (tertiary/aromatic N) is 1. The van der Waals surface area contributed by atoms with Gasteiger partial charge in [0.15, 0.2) is 6.10 Å². The molecular formula is C23H21NO7. The fraction of sp³-hybridized carbons (Fsp3) is 0.261. The Labute approximate surface area is 177 Å². The molecule has 3 aromatic rings. The Hall–Kier alpha value is -3.81. The summed E-state index contributed by atoms with van der Waals surface area (Å²) >= 11 is 0. The monoisotopic (exact) mass is 423 g/mol. The molecule has 0 N–H and O–H groups in total. The molecule has 8 heteroatoms. The van der Waals surface area contributed by atoms with Crippen LogP contribution in [0.2, 0.25) is 0 Å². The zero-order valence-corrected chi connectivity index (χ0v) is 17.1. The molecule has 160 valence electrons. The molecule has 2 aromatic carbocycles. The van der Waals surface area contributed by atoms with Crippen molar-refractivity contribution in [2.45, 2.75) is 26.1 Å². The SMILES string of the molecule is COc1ccc2c(COC(=O)CCN3C(=O)C(C)Oc4ccccc43)cc(=O)oc2c1. The van der Waals surface area contributed by atoms with Gasteiger partial charge in [-0.15, -0.1) is 0 Å². The molecule has 0 spiro atoms. The summed E-state index contributed by atoms with van der Waals surface area (Å²) in [5.74, 6) is 0.446. The van der Waals surface area contributed by atoms with Crippen molar-refractivity contribution in [3.05, 3.63) is 64.5 Å². The second-order valence-corrected chi connectivity index (χ2v) is 7.08. The second-order valence-electron chi connectivity index (χ2n) is 7.08. The van der Waals surface area contributed by atoms with Gasteiger partial charge in [0, 0.05) is 29.6 Å². The number of benzene rings is 2. The number of methoxy groups -OCH3 is 1. The summed E-state index contributed by atoms with van der Waals surface area (Å²) in [5, 5.41) is 0.652. The van der Waals surface area contributed by atoms with Gasteiger partial charge in [0.1, 0.15) is 23.7 Å². The summed E-state index contributed by atoms with van der Waals surface area (Å²) in [6.45, 7) is 1.75. The summed E-state index contributed by atoms with van der Waals surface area (Å²) in [5.41, 5.74) is 0.960. The molecule has 8 nitrogen and oxygen atoms in total. The standard InChI is InChI=1S/C23H21NO7/c1-14-23(27)24(18-5-3-4-6-19(18)30-14)10-9-21(25)29-13-15-11-22(26)31-20-12-16(28-2)7-8-17(15)20/h3-8,11-12,14H,9-10,13H2,1-2H3. The van der Waals surface area contributed by atoms with E-state index in [1.165, 1.54) is 18.1 Å². The molecule has 1 aliphatic rings. The maximum atomic E-state index is 12.5. The van der Waals surface area contributed by atoms with Crippen LogP contribution in [0.15, 0.2) is 57.7 Å². The summed E-state index contributed by atoms with van der Waals surface area (Å²) in [6, 6.07) is 13.6. The number of rotatable bonds is 6. The molecule has 0 aliphatic carbocycles. The minimum atomic E-state index is -0.627. The van der Waals surface area contributed by atoms with Crippen LogP contribution in [0.25, 0.3) is 11.0 Å². The minimum Gasteiger partial charge on any atom is -0.497 e. The zero-order valence-electron chi connectivity index (χ0n) is 17.1. The number of fused-ring (bicyclic) bond motifs is 2. The third kappa shape index (κ3) is 4.23. The Morgan fingerprint density at radius 1 is 1.13 bits per heavy atom. The molecule has 1 unspecified atom stereocenters. The number of amides is 1. The van der Waals surface area contributed by atoms with Crippen molar-refractivity contribution in [1.29, 1.82) is 0 Å². The van der Waals surface area contributed by atoms with Crippen LogP contribution in [-0.4, -0.2) is 31.6 Å². The number of carbonyl (C=O) groups is 2. The van der Waals surface area contributed by atoms with E-state index in [9.17, 15) is 14.4 Å². The third-order valence-electron chi connectivity index (χ3n) is 5.04. The normalized spacial score (nSPS) is 15.4. The van der Waals surface area contributed by atoms with Crippen LogP contribution in [0.5, 0.6) is 11.5 Å². The predicted molar refractivity (Wildman–Crippen MR) is 112 cm³/mol. The molecule has 31 heavy (non-hydrogen) atoms. The third-order valence-corrected chi connectivity index (χ3v) is 5.04. The Balaban J connectivity index is 1.44. The van der Waals surface area contributed by atoms with Gasteiger partial charge in [-0.2, -0.15) is 0 Å². The Morgan fingerprint density at radius 3 is 2.74 bits per heavy atom. The van der Waals surface area contributed by atoms with Crippen molar-refractivity contribution in [2.75, 3.05) is 18.6 Å². The number of carbonyl (C=O) groups excluding carboxylic acids is 2. The van der Waals surface area contributed by atoms with Gasteiger partial charge in [-0.3, -0.25) is 9.59 Å². The number of ether oxygens (including phenoxy) is 3. The average Bonchev–Trinajstić information content (AvgIpc) is 2.77. The van der Waals surface area contributed by atoms with E-state index in [4.69, 9.17) is 18.6 Å². The van der Waals surface area contributed by atoms with Gasteiger partial charge in [0.25, 0.3) is 5.91 Å². The molecule has 0 bridgehead atoms. The molecule has 2 heterocycles. The lowest BCUT2D eigenvalue weighted by Gasteiger charge is -2.32. The lowest BCUT2D eigenvalue weighted by molar-refractivity contribution is -0.144. The Kier molecular flexibility index (Phi) is 5.62. The van der Waals surface area contributed by atoms with Crippen LogP contribution in [0.4, 0.5) is 5.69 Å². The van der Waals surface area contributed by atoms with Crippen molar-refractivity contribution >= 4 is 28.5 Å². The maximum absolute atomic E-state index is 12.5. The van der Waals surface area contributed by atoms with E-state index >= 15 is 0 Å². The van der Waals surface area contributed by atoms with Crippen LogP contribution in [0.3, 0.4) is 0 Å². The van der Waals surface area contributed by atoms with Crippen molar-refractivity contribution in [2.24, 2.45) is 0 Å². The first-order valence-electron chi connectivity index (χ1n) is 9.79. The van der Waals surface area contributed by atoms with Crippen molar-refractivity contribution < 1.29 is 28.2 Å². The largest absolute Gasteiger partial charge is 0.497 e. The van der Waals surface area contributed by atoms with Gasteiger partial charge >= 0.3 is 11.6 Å². The quantitative estimate of drug-likeness (QED) is 0.444. The van der Waals surface area contributed by atoms with Gasteiger partial charge in [-0.1, -0.05) is 12.1 Å². The fourth-order valence-corrected chi connectivity index (χ4v) is 3.48. The molecule has 1 atom stereocenters. The molecule has 1 aliphatic heterocycles. The van der Waals surface area contributed by atoms with Gasteiger partial charge in [0.2, 0.25) is 0 Å². The number of hydrogen-bond donors (Lipinski definition) is 0. The van der Waals surface area contributed by atoms with Crippen molar-refractivity contribution in [3.63, 3.8) is 0 Å². The molecule has 4 rings (SSSR count). The molecule has 1 amide bonds. The minimum absolute atomic E-state index is 0.00000953. The molecule has 0 saturated heterocycles. The Bertz CT molecular complexity index is 1200. The van der Waals surface area contributed by atoms with Crippen molar-refractivity contribution in [3.8, 4) is 11.5 Å². The topological polar surface area (TPSA) is 95.3 Å². The maximum Gasteiger partial charge on any atom is 0.336 e. The van der Waals surface area contributed by atoms with Crippen molar-refractivity contribution in [1.82, 2.24) is 0 Å². The smallest absolute Gasteiger partial charge is 0.336 e. The van der Waals surface area contributed by atoms with E-state index < -0.39 is 17.7 Å². The van der Waals surface area contributed by atoms with Crippen LogP contribution in [-0.2, 0) is 20.9 Å². The molecule has 0 fully saturated rings. The number of hydrogen-bond acceptors (Lipinski definition) is 7. The van der Waals surface area contributed by atoms with E-state index in [0.29, 0.717) is 33.7 Å². The highest BCUT2D eigenvalue weighted by atomic mass is 16.5. The molecule has 0 saturated carbocycles. The van der Waals surface area contributed by atoms with E-state index in [1.807, 2.05) is 6.07 Å². The summed E-state index contributed by atoms with van der Waals surface area (Å²) in [4.78, 5) is 38.3. The summed E-state index contributed by atoms with van der Waals surface area (Å²) in [7, 11) is 1.52. The molecular weight excluding hydrogens is 402 g/mol. The molecule has 1 aromatic heterocycles. The first kappa shape index (κ1) is 20.5. The highest BCUT2D eigenvalue weighted by molar-refractivity contribution is 6.00. The van der Waals surface area contributed by atoms with E-state index in [0.717, 1.165) is 0 Å². The van der Waals surface area contributed by atoms with Crippen LogP contribution < -0.4 is 20.0 Å². The van der Waals surface area contributed by atoms with Crippen LogP contribution in [0.1, 0.15) is 18.9 Å². The number of anilines is 1. The lowest BCUT2D eigenvalue weighted by atomic mass is 10.1. The highest BCUT2D eigenvalue weighted by Gasteiger charge is 2.31. The van der Waals surface area contributed by atoms with E-state index in [2.05, 4.69) is 0 Å². The van der Waals surface area contributed by atoms with Crippen LogP contribution >= 0.6 is 0 Å². The van der Waals surface area contributed by atoms with Crippen LogP contribution in [0, 0.1) is 0 Å². The number of esters is 1. The molecule has 0 radical (unpaired) electrons. The summed E-state index contributed by atoms with van der Waals surface area (Å²) < 4.78 is 21.3. The first-order chi connectivity index (χ1) is 15.0. The zero-order chi connectivity index (χ0) is 22.0. The van der Waals surface area contributed by atoms with Gasteiger partial charge < -0.3 is 23.5 Å². The lowest BCUT2D eigenvalue weighted by Crippen LogP contribution is -2.45. The van der Waals surface area contributed by atoms with E-state index in [1.54, 1.807) is 43.3 Å². The Morgan fingerprint density at radius 2 is 1.94 bits per heavy atom. The predicted octanol–water partition coefficient (Wildman–Crippen LogP) is 3.05. The van der Waals surface area contributed by atoms with Gasteiger partial charge in [-0.05, 0) is 31.2 Å². The average molecular weight is 423 g/mol.